The van der Waals surface area contributed by atoms with Crippen LogP contribution in [0.2, 0.25) is 0 Å². The quantitative estimate of drug-likeness (QED) is 0.569. The lowest BCUT2D eigenvalue weighted by molar-refractivity contribution is -0.391. The third-order valence-electron chi connectivity index (χ3n) is 4.52. The fourth-order valence-electron chi connectivity index (χ4n) is 3.11. The summed E-state index contributed by atoms with van der Waals surface area (Å²) in [6, 6.07) is 0. The molecule has 22 heavy (non-hydrogen) atoms. The van der Waals surface area contributed by atoms with Gasteiger partial charge in [-0.1, -0.05) is 50.5 Å². The number of hydrogen-bond donors (Lipinski definition) is 0. The molecule has 0 radical (unpaired) electrons. The summed E-state index contributed by atoms with van der Waals surface area (Å²) in [5.74, 6) is 0.758. The first-order chi connectivity index (χ1) is 10.7. The third-order valence-corrected chi connectivity index (χ3v) is 4.52. The van der Waals surface area contributed by atoms with E-state index in [1.165, 1.54) is 69.6 Å². The molecule has 0 bridgehead atoms. The average molecular weight is 305 g/mol. The average Bonchev–Trinajstić information content (AvgIpc) is 2.83. The number of allylic oxidation sites excluding steroid dienone is 1. The summed E-state index contributed by atoms with van der Waals surface area (Å²) in [7, 11) is 1.72. The van der Waals surface area contributed by atoms with Gasteiger partial charge in [-0.05, 0) is 30.6 Å². The predicted octanol–water partition coefficient (Wildman–Crippen LogP) is 5.02. The molecule has 1 aliphatic carbocycles. The minimum absolute atomic E-state index is 0.0556. The Labute approximate surface area is 132 Å². The van der Waals surface area contributed by atoms with E-state index in [2.05, 4.69) is 11.1 Å². The highest BCUT2D eigenvalue weighted by Crippen LogP contribution is 2.23. The molecule has 2 rings (SSSR count). The lowest BCUT2D eigenvalue weighted by atomic mass is 9.97. The van der Waals surface area contributed by atoms with Gasteiger partial charge in [0.05, 0.1) is 7.05 Å². The largest absolute Gasteiger partial charge is 0.358 e. The number of rotatable bonds is 2. The molecule has 0 saturated heterocycles. The molecule has 0 atom stereocenters. The smallest absolute Gasteiger partial charge is 0.342 e. The standard InChI is InChI=1S/C17H27N3O2/c1-19-16(18-14-17(19)20(21)22)13-15-11-9-7-5-3-2-4-6-8-10-12-15/h13-14H,2-12H2,1H3. The van der Waals surface area contributed by atoms with E-state index in [1.54, 1.807) is 11.6 Å². The maximum Gasteiger partial charge on any atom is 0.342 e. The van der Waals surface area contributed by atoms with Crippen molar-refractivity contribution < 1.29 is 4.92 Å². The molecule has 1 saturated carbocycles. The van der Waals surface area contributed by atoms with Gasteiger partial charge in [-0.3, -0.25) is 0 Å². The van der Waals surface area contributed by atoms with E-state index in [0.717, 1.165) is 12.8 Å². The second-order valence-corrected chi connectivity index (χ2v) is 6.28. The van der Waals surface area contributed by atoms with Gasteiger partial charge in [-0.2, -0.15) is 0 Å². The molecule has 0 aliphatic heterocycles. The summed E-state index contributed by atoms with van der Waals surface area (Å²) in [5, 5.41) is 10.9. The van der Waals surface area contributed by atoms with E-state index in [1.807, 2.05) is 0 Å². The van der Waals surface area contributed by atoms with E-state index in [4.69, 9.17) is 0 Å². The van der Waals surface area contributed by atoms with Crippen molar-refractivity contribution in [3.8, 4) is 0 Å². The first-order valence-electron chi connectivity index (χ1n) is 8.54. The van der Waals surface area contributed by atoms with Crippen molar-refractivity contribution in [3.63, 3.8) is 0 Å². The van der Waals surface area contributed by atoms with Gasteiger partial charge in [-0.15, -0.1) is 0 Å². The molecule has 0 spiro atoms. The SMILES string of the molecule is Cn1c([N+](=O)[O-])cnc1C=C1CCCCCCCCCCC1. The Kier molecular flexibility index (Phi) is 6.62. The first-order valence-corrected chi connectivity index (χ1v) is 8.54. The highest BCUT2D eigenvalue weighted by atomic mass is 16.6. The molecule has 122 valence electrons. The topological polar surface area (TPSA) is 61.0 Å². The van der Waals surface area contributed by atoms with E-state index < -0.39 is 0 Å². The normalized spacial score (nSPS) is 18.3. The zero-order chi connectivity index (χ0) is 15.8. The number of aromatic nitrogens is 2. The van der Waals surface area contributed by atoms with Gasteiger partial charge in [0, 0.05) is 6.08 Å². The minimum Gasteiger partial charge on any atom is -0.358 e. The molecule has 5 nitrogen and oxygen atoms in total. The summed E-state index contributed by atoms with van der Waals surface area (Å²) < 4.78 is 1.57. The summed E-state index contributed by atoms with van der Waals surface area (Å²) in [6.07, 6.45) is 17.4. The highest BCUT2D eigenvalue weighted by molar-refractivity contribution is 5.48. The van der Waals surface area contributed by atoms with Crippen molar-refractivity contribution in [1.29, 1.82) is 0 Å². The Morgan fingerprint density at radius 3 is 2.00 bits per heavy atom. The van der Waals surface area contributed by atoms with Crippen LogP contribution < -0.4 is 0 Å². The number of imidazole rings is 1. The Morgan fingerprint density at radius 1 is 1.05 bits per heavy atom. The zero-order valence-electron chi connectivity index (χ0n) is 13.6. The maximum absolute atomic E-state index is 10.9. The Balaban J connectivity index is 2.06. The van der Waals surface area contributed by atoms with Crippen LogP contribution in [0, 0.1) is 10.1 Å². The predicted molar refractivity (Wildman–Crippen MR) is 88.6 cm³/mol. The monoisotopic (exact) mass is 305 g/mol. The summed E-state index contributed by atoms with van der Waals surface area (Å²) in [5.41, 5.74) is 1.39. The van der Waals surface area contributed by atoms with Crippen molar-refractivity contribution in [2.75, 3.05) is 0 Å². The van der Waals surface area contributed by atoms with Gasteiger partial charge in [0.1, 0.15) is 6.20 Å². The van der Waals surface area contributed by atoms with Gasteiger partial charge < -0.3 is 10.1 Å². The van der Waals surface area contributed by atoms with Crippen LogP contribution in [-0.2, 0) is 7.05 Å². The second kappa shape index (κ2) is 8.71. The molecule has 0 N–H and O–H groups in total. The van der Waals surface area contributed by atoms with Crippen molar-refractivity contribution >= 4 is 11.9 Å². The van der Waals surface area contributed by atoms with Crippen LogP contribution in [0.5, 0.6) is 0 Å². The van der Waals surface area contributed by atoms with E-state index >= 15 is 0 Å². The Hall–Kier alpha value is -1.65. The lowest BCUT2D eigenvalue weighted by Gasteiger charge is -2.09. The van der Waals surface area contributed by atoms with Crippen LogP contribution in [0.1, 0.15) is 76.5 Å². The van der Waals surface area contributed by atoms with Crippen molar-refractivity contribution in [2.24, 2.45) is 7.05 Å². The minimum atomic E-state index is -0.379. The maximum atomic E-state index is 10.9. The van der Waals surface area contributed by atoms with Crippen LogP contribution >= 0.6 is 0 Å². The summed E-state index contributed by atoms with van der Waals surface area (Å²) in [6.45, 7) is 0. The lowest BCUT2D eigenvalue weighted by Crippen LogP contribution is -1.99. The molecule has 5 heteroatoms. The van der Waals surface area contributed by atoms with Crippen LogP contribution in [-0.4, -0.2) is 14.5 Å². The molecule has 1 aromatic rings. The Bertz CT molecular complexity index is 506. The molecule has 1 heterocycles. The van der Waals surface area contributed by atoms with Gasteiger partial charge in [0.25, 0.3) is 0 Å². The molecule has 0 aromatic carbocycles. The van der Waals surface area contributed by atoms with Gasteiger partial charge in [0.15, 0.2) is 0 Å². The Morgan fingerprint density at radius 2 is 1.55 bits per heavy atom. The molecule has 1 fully saturated rings. The molecule has 1 aliphatic rings. The van der Waals surface area contributed by atoms with Gasteiger partial charge in [0.2, 0.25) is 5.82 Å². The molecular weight excluding hydrogens is 278 g/mol. The van der Waals surface area contributed by atoms with E-state index in [-0.39, 0.29) is 10.7 Å². The number of nitro groups is 1. The highest BCUT2D eigenvalue weighted by Gasteiger charge is 2.15. The van der Waals surface area contributed by atoms with Crippen LogP contribution in [0.15, 0.2) is 11.8 Å². The van der Waals surface area contributed by atoms with E-state index in [9.17, 15) is 10.1 Å². The molecule has 0 amide bonds. The van der Waals surface area contributed by atoms with Crippen LogP contribution in [0.3, 0.4) is 0 Å². The van der Waals surface area contributed by atoms with E-state index in [0.29, 0.717) is 5.82 Å². The summed E-state index contributed by atoms with van der Waals surface area (Å²) in [4.78, 5) is 14.7. The number of hydrogen-bond acceptors (Lipinski definition) is 3. The van der Waals surface area contributed by atoms with Gasteiger partial charge >= 0.3 is 5.82 Å². The second-order valence-electron chi connectivity index (χ2n) is 6.28. The summed E-state index contributed by atoms with van der Waals surface area (Å²) >= 11 is 0. The first kappa shape index (κ1) is 16.7. The third kappa shape index (κ3) is 4.97. The fraction of sp³-hybridized carbons (Fsp3) is 0.706. The molecule has 0 unspecified atom stereocenters. The van der Waals surface area contributed by atoms with Crippen molar-refractivity contribution in [2.45, 2.75) is 70.6 Å². The zero-order valence-corrected chi connectivity index (χ0v) is 13.6. The molecular formula is C17H27N3O2. The van der Waals surface area contributed by atoms with Crippen LogP contribution in [0.4, 0.5) is 5.82 Å². The van der Waals surface area contributed by atoms with Crippen molar-refractivity contribution in [3.05, 3.63) is 27.7 Å². The molecule has 1 aromatic heterocycles. The van der Waals surface area contributed by atoms with Crippen LogP contribution in [0.25, 0.3) is 6.08 Å². The van der Waals surface area contributed by atoms with Crippen molar-refractivity contribution in [1.82, 2.24) is 9.55 Å². The fourth-order valence-corrected chi connectivity index (χ4v) is 3.11. The number of nitrogens with zero attached hydrogens (tertiary/aromatic N) is 3. The van der Waals surface area contributed by atoms with Gasteiger partial charge in [-0.25, -0.2) is 9.55 Å².